The molecule has 0 heterocycles. The van der Waals surface area contributed by atoms with Gasteiger partial charge in [-0.25, -0.2) is 0 Å². The summed E-state index contributed by atoms with van der Waals surface area (Å²) in [5.74, 6) is 0. The van der Waals surface area contributed by atoms with Gasteiger partial charge in [0.2, 0.25) is 0 Å². The Hall–Kier alpha value is -8.98. The van der Waals surface area contributed by atoms with Gasteiger partial charge in [-0.1, -0.05) is 146 Å². The summed E-state index contributed by atoms with van der Waals surface area (Å²) in [5.41, 5.74) is 16.9. The van der Waals surface area contributed by atoms with Crippen molar-refractivity contribution in [2.75, 3.05) is 9.80 Å². The standard InChI is InChI=1S/C70H52N2/c1-45-19-17-20-46(2)69(45)49-31-35-57-61(39-49)67-43-66-60-38-34-56(72(53-27-13-7-14-28-53)54-29-15-8-16-30-54)42-64(60)58-36-32-50(70-47(3)21-18-22-48(70)4)40-62(58)68(66)44-65(67)59-37-33-55(41-63(57)59)71(51-23-9-5-10-24-51)52-25-11-6-12-26-52/h5-44H,1-4H3. The van der Waals surface area contributed by atoms with Crippen molar-refractivity contribution in [2.45, 2.75) is 27.7 Å². The highest BCUT2D eigenvalue weighted by Crippen LogP contribution is 2.47. The lowest BCUT2D eigenvalue weighted by atomic mass is 9.86. The van der Waals surface area contributed by atoms with Crippen LogP contribution < -0.4 is 9.80 Å². The predicted octanol–water partition coefficient (Wildman–Crippen LogP) is 20.1. The molecule has 0 aliphatic rings. The first-order valence-corrected chi connectivity index (χ1v) is 25.1. The second kappa shape index (κ2) is 17.5. The summed E-state index contributed by atoms with van der Waals surface area (Å²) < 4.78 is 0. The van der Waals surface area contributed by atoms with E-state index in [4.69, 9.17) is 0 Å². The minimum absolute atomic E-state index is 1.12. The Labute approximate surface area is 421 Å². The zero-order valence-electron chi connectivity index (χ0n) is 41.0. The van der Waals surface area contributed by atoms with E-state index in [1.165, 1.54) is 109 Å². The van der Waals surface area contributed by atoms with Gasteiger partial charge in [0.15, 0.2) is 0 Å². The van der Waals surface area contributed by atoms with Gasteiger partial charge in [0.1, 0.15) is 0 Å². The van der Waals surface area contributed by atoms with Crippen molar-refractivity contribution in [3.8, 4) is 22.3 Å². The van der Waals surface area contributed by atoms with Crippen molar-refractivity contribution in [3.63, 3.8) is 0 Å². The highest BCUT2D eigenvalue weighted by atomic mass is 15.1. The summed E-state index contributed by atoms with van der Waals surface area (Å²) in [4.78, 5) is 4.75. The molecule has 0 radical (unpaired) electrons. The van der Waals surface area contributed by atoms with Gasteiger partial charge in [-0.3, -0.25) is 0 Å². The first kappa shape index (κ1) is 43.1. The second-order valence-electron chi connectivity index (χ2n) is 19.5. The van der Waals surface area contributed by atoms with E-state index >= 15 is 0 Å². The lowest BCUT2D eigenvalue weighted by molar-refractivity contribution is 1.29. The third-order valence-corrected chi connectivity index (χ3v) is 15.1. The minimum atomic E-state index is 1.12. The summed E-state index contributed by atoms with van der Waals surface area (Å²) in [5, 5.41) is 14.9. The zero-order chi connectivity index (χ0) is 48.5. The van der Waals surface area contributed by atoms with Crippen LogP contribution in [0.2, 0.25) is 0 Å². The van der Waals surface area contributed by atoms with Crippen LogP contribution in [0, 0.1) is 27.7 Å². The largest absolute Gasteiger partial charge is 0.310 e. The topological polar surface area (TPSA) is 6.48 Å². The molecule has 0 bridgehead atoms. The van der Waals surface area contributed by atoms with Gasteiger partial charge in [-0.05, 0) is 234 Å². The lowest BCUT2D eigenvalue weighted by Crippen LogP contribution is -2.09. The van der Waals surface area contributed by atoms with Crippen LogP contribution in [-0.2, 0) is 0 Å². The summed E-state index contributed by atoms with van der Waals surface area (Å²) in [6, 6.07) is 89.9. The summed E-state index contributed by atoms with van der Waals surface area (Å²) in [6.07, 6.45) is 0. The molecule has 0 amide bonds. The maximum Gasteiger partial charge on any atom is 0.0468 e. The summed E-state index contributed by atoms with van der Waals surface area (Å²) >= 11 is 0. The van der Waals surface area contributed by atoms with Gasteiger partial charge >= 0.3 is 0 Å². The van der Waals surface area contributed by atoms with Gasteiger partial charge in [-0.2, -0.15) is 0 Å². The molecule has 13 aromatic rings. The molecule has 0 spiro atoms. The molecule has 0 atom stereocenters. The van der Waals surface area contributed by atoms with E-state index in [9.17, 15) is 0 Å². The smallest absolute Gasteiger partial charge is 0.0468 e. The minimum Gasteiger partial charge on any atom is -0.310 e. The zero-order valence-corrected chi connectivity index (χ0v) is 41.0. The van der Waals surface area contributed by atoms with Crippen molar-refractivity contribution < 1.29 is 0 Å². The predicted molar refractivity (Wildman–Crippen MR) is 311 cm³/mol. The quantitative estimate of drug-likeness (QED) is 0.111. The van der Waals surface area contributed by atoms with Crippen molar-refractivity contribution in [1.29, 1.82) is 0 Å². The number of hydrogen-bond donors (Lipinski definition) is 0. The van der Waals surface area contributed by atoms with Crippen LogP contribution in [0.15, 0.2) is 243 Å². The van der Waals surface area contributed by atoms with E-state index in [-0.39, 0.29) is 0 Å². The fourth-order valence-electron chi connectivity index (χ4n) is 11.8. The Morgan fingerprint density at radius 2 is 0.458 bits per heavy atom. The molecule has 0 aliphatic heterocycles. The van der Waals surface area contributed by atoms with Crippen LogP contribution in [0.3, 0.4) is 0 Å². The molecule has 2 nitrogen and oxygen atoms in total. The average molecular weight is 921 g/mol. The molecule has 0 N–H and O–H groups in total. The van der Waals surface area contributed by atoms with Crippen LogP contribution >= 0.6 is 0 Å². The van der Waals surface area contributed by atoms with Crippen LogP contribution in [-0.4, -0.2) is 0 Å². The molecule has 0 saturated heterocycles. The number of rotatable bonds is 8. The molecule has 2 heteroatoms. The van der Waals surface area contributed by atoms with Crippen molar-refractivity contribution in [2.24, 2.45) is 0 Å². The number of anilines is 6. The maximum absolute atomic E-state index is 2.52. The Kier molecular flexibility index (Phi) is 10.4. The molecule has 0 aliphatic carbocycles. The van der Waals surface area contributed by atoms with E-state index in [0.29, 0.717) is 0 Å². The number of benzene rings is 13. The fraction of sp³-hybridized carbons (Fsp3) is 0.0571. The first-order chi connectivity index (χ1) is 35.4. The van der Waals surface area contributed by atoms with Crippen molar-refractivity contribution >= 4 is 98.8 Å². The van der Waals surface area contributed by atoms with Crippen molar-refractivity contribution in [1.82, 2.24) is 0 Å². The maximum atomic E-state index is 2.52. The van der Waals surface area contributed by atoms with Gasteiger partial charge in [-0.15, -0.1) is 0 Å². The number of nitrogens with zero attached hydrogens (tertiary/aromatic N) is 2. The normalized spacial score (nSPS) is 11.6. The van der Waals surface area contributed by atoms with E-state index in [2.05, 4.69) is 280 Å². The van der Waals surface area contributed by atoms with Crippen LogP contribution in [0.25, 0.3) is 86.9 Å². The van der Waals surface area contributed by atoms with Crippen LogP contribution in [0.5, 0.6) is 0 Å². The highest BCUT2D eigenvalue weighted by Gasteiger charge is 2.21. The lowest BCUT2D eigenvalue weighted by Gasteiger charge is -2.26. The molecule has 13 aromatic carbocycles. The summed E-state index contributed by atoms with van der Waals surface area (Å²) in [6.45, 7) is 8.95. The SMILES string of the molecule is Cc1cccc(C)c1-c1ccc2c(c1)c1cc3c4ccc(N(c5ccccc5)c5ccccc5)cc4c4ccc(-c5c(C)cccc5C)cc4c3cc1c1ccc(N(c3ccccc3)c3ccccc3)cc21. The molecule has 0 saturated carbocycles. The Bertz CT molecular complexity index is 3840. The van der Waals surface area contributed by atoms with Crippen molar-refractivity contribution in [3.05, 3.63) is 265 Å². The van der Waals surface area contributed by atoms with Gasteiger partial charge in [0.25, 0.3) is 0 Å². The van der Waals surface area contributed by atoms with E-state index in [1.807, 2.05) is 0 Å². The van der Waals surface area contributed by atoms with E-state index < -0.39 is 0 Å². The Morgan fingerprint density at radius 3 is 0.778 bits per heavy atom. The Morgan fingerprint density at radius 1 is 0.194 bits per heavy atom. The van der Waals surface area contributed by atoms with Gasteiger partial charge < -0.3 is 9.80 Å². The molecule has 0 unspecified atom stereocenters. The molecule has 72 heavy (non-hydrogen) atoms. The number of hydrogen-bond acceptors (Lipinski definition) is 2. The van der Waals surface area contributed by atoms with E-state index in [1.54, 1.807) is 0 Å². The monoisotopic (exact) mass is 920 g/mol. The molecule has 0 aromatic heterocycles. The van der Waals surface area contributed by atoms with Crippen LogP contribution in [0.1, 0.15) is 22.3 Å². The molecule has 342 valence electrons. The second-order valence-corrected chi connectivity index (χ2v) is 19.5. The third kappa shape index (κ3) is 7.18. The molecular formula is C70H52N2. The number of aryl methyl sites for hydroxylation is 4. The summed E-state index contributed by atoms with van der Waals surface area (Å²) in [7, 11) is 0. The number of para-hydroxylation sites is 4. The average Bonchev–Trinajstić information content (AvgIpc) is 3.42. The highest BCUT2D eigenvalue weighted by molar-refractivity contribution is 6.34. The van der Waals surface area contributed by atoms with Gasteiger partial charge in [0.05, 0.1) is 0 Å². The molecule has 13 rings (SSSR count). The van der Waals surface area contributed by atoms with Gasteiger partial charge in [0, 0.05) is 34.1 Å². The number of fused-ring (bicyclic) bond motifs is 12. The van der Waals surface area contributed by atoms with E-state index in [0.717, 1.165) is 34.1 Å². The first-order valence-electron chi connectivity index (χ1n) is 25.1. The molecular weight excluding hydrogens is 869 g/mol. The van der Waals surface area contributed by atoms with Crippen LogP contribution in [0.4, 0.5) is 34.1 Å². The Balaban J connectivity index is 1.15. The fourth-order valence-corrected chi connectivity index (χ4v) is 11.8. The molecule has 0 fully saturated rings. The third-order valence-electron chi connectivity index (χ3n) is 15.1.